The molecular formula is C28H49NO7S2. The molecule has 1 saturated carbocycles. The summed E-state index contributed by atoms with van der Waals surface area (Å²) in [6.07, 6.45) is 9.81. The number of hydrogen-bond acceptors (Lipinski definition) is 8. The summed E-state index contributed by atoms with van der Waals surface area (Å²) < 4.78 is 10.5. The summed E-state index contributed by atoms with van der Waals surface area (Å²) >= 11 is 0. The Labute approximate surface area is 236 Å². The first-order chi connectivity index (χ1) is 18.2. The van der Waals surface area contributed by atoms with E-state index in [1.807, 2.05) is 6.92 Å². The molecule has 38 heavy (non-hydrogen) atoms. The van der Waals surface area contributed by atoms with Crippen molar-refractivity contribution in [1.29, 1.82) is 0 Å². The summed E-state index contributed by atoms with van der Waals surface area (Å²) in [7, 11) is 3.09. The lowest BCUT2D eigenvalue weighted by Gasteiger charge is -2.36. The molecule has 0 bridgehead atoms. The lowest BCUT2D eigenvalue weighted by molar-refractivity contribution is -0.144. The lowest BCUT2D eigenvalue weighted by atomic mass is 9.72. The fourth-order valence-corrected chi connectivity index (χ4v) is 6.68. The van der Waals surface area contributed by atoms with Crippen LogP contribution in [0.2, 0.25) is 0 Å². The summed E-state index contributed by atoms with van der Waals surface area (Å²) in [5, 5.41) is 12.0. The van der Waals surface area contributed by atoms with E-state index in [2.05, 4.69) is 19.2 Å². The van der Waals surface area contributed by atoms with Gasteiger partial charge in [0.15, 0.2) is 0 Å². The molecule has 1 rings (SSSR count). The molecule has 0 aromatic rings. The highest BCUT2D eigenvalue weighted by atomic mass is 33.1. The Kier molecular flexibility index (Phi) is 18.7. The molecule has 1 atom stereocenters. The van der Waals surface area contributed by atoms with Gasteiger partial charge in [-0.3, -0.25) is 14.4 Å². The van der Waals surface area contributed by atoms with Crippen molar-refractivity contribution in [2.75, 3.05) is 31.3 Å². The third-order valence-electron chi connectivity index (χ3n) is 7.09. The van der Waals surface area contributed by atoms with E-state index >= 15 is 0 Å². The highest BCUT2D eigenvalue weighted by molar-refractivity contribution is 8.76. The molecule has 1 fully saturated rings. The Hall–Kier alpha value is -1.42. The van der Waals surface area contributed by atoms with Crippen LogP contribution in [0.25, 0.3) is 0 Å². The van der Waals surface area contributed by atoms with E-state index in [9.17, 15) is 24.3 Å². The molecule has 0 radical (unpaired) electrons. The van der Waals surface area contributed by atoms with Crippen molar-refractivity contribution >= 4 is 45.4 Å². The van der Waals surface area contributed by atoms with Crippen LogP contribution in [0, 0.1) is 17.3 Å². The predicted molar refractivity (Wildman–Crippen MR) is 154 cm³/mol. The van der Waals surface area contributed by atoms with Gasteiger partial charge < -0.3 is 19.9 Å². The molecule has 1 aliphatic carbocycles. The second kappa shape index (κ2) is 20.5. The maximum absolute atomic E-state index is 12.4. The van der Waals surface area contributed by atoms with Crippen molar-refractivity contribution in [3.63, 3.8) is 0 Å². The Morgan fingerprint density at radius 1 is 0.921 bits per heavy atom. The van der Waals surface area contributed by atoms with Gasteiger partial charge in [0.25, 0.3) is 0 Å². The Morgan fingerprint density at radius 2 is 1.53 bits per heavy atom. The number of carboxylic acids is 1. The minimum absolute atomic E-state index is 0.0709. The van der Waals surface area contributed by atoms with Gasteiger partial charge in [0, 0.05) is 36.8 Å². The molecule has 0 aliphatic heterocycles. The molecule has 0 aromatic heterocycles. The van der Waals surface area contributed by atoms with Gasteiger partial charge in [-0.15, -0.1) is 0 Å². The fourth-order valence-electron chi connectivity index (χ4n) is 5.03. The lowest BCUT2D eigenvalue weighted by Crippen LogP contribution is -2.40. The molecule has 0 aromatic carbocycles. The zero-order chi connectivity index (χ0) is 28.2. The molecule has 220 valence electrons. The van der Waals surface area contributed by atoms with Crippen LogP contribution in [0.1, 0.15) is 104 Å². The van der Waals surface area contributed by atoms with E-state index in [1.165, 1.54) is 0 Å². The second-order valence-corrected chi connectivity index (χ2v) is 13.3. The number of aliphatic carboxylic acids is 1. The summed E-state index contributed by atoms with van der Waals surface area (Å²) in [4.78, 5) is 47.8. The van der Waals surface area contributed by atoms with Gasteiger partial charge in [-0.1, -0.05) is 74.5 Å². The number of ketones is 1. The molecular weight excluding hydrogens is 526 g/mol. The molecule has 8 nitrogen and oxygen atoms in total. The Bertz CT molecular complexity index is 707. The minimum atomic E-state index is -0.828. The largest absolute Gasteiger partial charge is 0.481 e. The topological polar surface area (TPSA) is 119 Å². The third-order valence-corrected chi connectivity index (χ3v) is 9.42. The predicted octanol–water partition coefficient (Wildman–Crippen LogP) is 6.65. The zero-order valence-electron chi connectivity index (χ0n) is 23.6. The van der Waals surface area contributed by atoms with Crippen LogP contribution in [0.4, 0.5) is 4.79 Å². The maximum Gasteiger partial charge on any atom is 0.407 e. The molecule has 0 spiro atoms. The van der Waals surface area contributed by atoms with E-state index in [-0.39, 0.29) is 36.2 Å². The van der Waals surface area contributed by atoms with E-state index in [0.717, 1.165) is 64.2 Å². The second-order valence-electron chi connectivity index (χ2n) is 10.6. The average Bonchev–Trinajstić information content (AvgIpc) is 2.87. The average molecular weight is 576 g/mol. The van der Waals surface area contributed by atoms with Gasteiger partial charge in [0.05, 0.1) is 6.42 Å². The number of rotatable bonds is 21. The molecule has 0 heterocycles. The number of nitrogens with one attached hydrogen (secondary N) is 1. The number of hydrogen-bond donors (Lipinski definition) is 2. The maximum atomic E-state index is 12.4. The monoisotopic (exact) mass is 575 g/mol. The van der Waals surface area contributed by atoms with E-state index < -0.39 is 12.1 Å². The molecule has 1 unspecified atom stereocenters. The summed E-state index contributed by atoms with van der Waals surface area (Å²) in [5.74, 6) is 0.805. The standard InChI is InChI=1S/C28H49NO7S2/c1-4-9-23(10-5-2)24(30)12-11-22(3)19-26(33)35-15-17-37-38-18-16-36-27(34)29-21-28(20-25(31)32)13-7-6-8-14-28/h22-23H,4-21H2,1-3H3,(H,29,34)(H,31,32). The van der Waals surface area contributed by atoms with Crippen LogP contribution in [-0.2, 0) is 23.9 Å². The number of Topliss-reactive ketones (excluding diaryl/α,β-unsaturated/α-hetero) is 1. The Morgan fingerprint density at radius 3 is 2.11 bits per heavy atom. The number of carbonyl (C=O) groups excluding carboxylic acids is 3. The zero-order valence-corrected chi connectivity index (χ0v) is 25.2. The number of esters is 1. The first-order valence-corrected chi connectivity index (χ1v) is 16.7. The van der Waals surface area contributed by atoms with Crippen molar-refractivity contribution in [2.24, 2.45) is 17.3 Å². The number of alkyl carbamates (subject to hydrolysis) is 1. The van der Waals surface area contributed by atoms with Crippen molar-refractivity contribution in [1.82, 2.24) is 5.32 Å². The summed E-state index contributed by atoms with van der Waals surface area (Å²) in [6.45, 7) is 7.12. The molecule has 1 amide bonds. The molecule has 10 heteroatoms. The quantitative estimate of drug-likeness (QED) is 0.0880. The van der Waals surface area contributed by atoms with Gasteiger partial charge in [-0.05, 0) is 43.4 Å². The summed E-state index contributed by atoms with van der Waals surface area (Å²) in [6, 6.07) is 0. The third kappa shape index (κ3) is 15.9. The number of carboxylic acid groups (broad SMARTS) is 1. The van der Waals surface area contributed by atoms with Gasteiger partial charge in [0.2, 0.25) is 0 Å². The van der Waals surface area contributed by atoms with Crippen LogP contribution in [0.3, 0.4) is 0 Å². The smallest absolute Gasteiger partial charge is 0.407 e. The number of carbonyl (C=O) groups is 4. The van der Waals surface area contributed by atoms with Gasteiger partial charge in [0.1, 0.15) is 19.0 Å². The highest BCUT2D eigenvalue weighted by Crippen LogP contribution is 2.38. The molecule has 0 saturated heterocycles. The summed E-state index contributed by atoms with van der Waals surface area (Å²) in [5.41, 5.74) is -0.368. The first-order valence-electron chi connectivity index (χ1n) is 14.3. The fraction of sp³-hybridized carbons (Fsp3) is 0.857. The minimum Gasteiger partial charge on any atom is -0.481 e. The first kappa shape index (κ1) is 34.6. The Balaban J connectivity index is 2.07. The highest BCUT2D eigenvalue weighted by Gasteiger charge is 2.34. The van der Waals surface area contributed by atoms with Crippen LogP contribution in [-0.4, -0.2) is 60.2 Å². The van der Waals surface area contributed by atoms with E-state index in [0.29, 0.717) is 43.3 Å². The van der Waals surface area contributed by atoms with Crippen molar-refractivity contribution in [3.8, 4) is 0 Å². The van der Waals surface area contributed by atoms with E-state index in [1.54, 1.807) is 21.6 Å². The van der Waals surface area contributed by atoms with Gasteiger partial charge >= 0.3 is 18.0 Å². The van der Waals surface area contributed by atoms with Crippen LogP contribution in [0.5, 0.6) is 0 Å². The molecule has 2 N–H and O–H groups in total. The van der Waals surface area contributed by atoms with Crippen LogP contribution < -0.4 is 5.32 Å². The van der Waals surface area contributed by atoms with Crippen molar-refractivity contribution in [2.45, 2.75) is 104 Å². The van der Waals surface area contributed by atoms with E-state index in [4.69, 9.17) is 9.47 Å². The van der Waals surface area contributed by atoms with Crippen molar-refractivity contribution < 1.29 is 33.8 Å². The van der Waals surface area contributed by atoms with Gasteiger partial charge in [-0.2, -0.15) is 0 Å². The van der Waals surface area contributed by atoms with Crippen LogP contribution >= 0.6 is 21.6 Å². The normalized spacial score (nSPS) is 15.6. The molecule has 1 aliphatic rings. The SMILES string of the molecule is CCCC(CCC)C(=O)CCC(C)CC(=O)OCCSSCCOC(=O)NCC1(CC(=O)O)CCCCC1. The van der Waals surface area contributed by atoms with Crippen molar-refractivity contribution in [3.05, 3.63) is 0 Å². The van der Waals surface area contributed by atoms with Gasteiger partial charge in [-0.25, -0.2) is 4.79 Å². The van der Waals surface area contributed by atoms with Crippen LogP contribution in [0.15, 0.2) is 0 Å². The number of ether oxygens (including phenoxy) is 2. The number of amides is 1.